The van der Waals surface area contributed by atoms with Crippen molar-refractivity contribution in [2.75, 3.05) is 35.9 Å². The number of para-hydroxylation sites is 2. The van der Waals surface area contributed by atoms with Crippen LogP contribution in [0.1, 0.15) is 44.4 Å². The van der Waals surface area contributed by atoms with Crippen molar-refractivity contribution in [2.24, 2.45) is 4.99 Å². The van der Waals surface area contributed by atoms with Crippen molar-refractivity contribution < 1.29 is 59.5 Å². The molecule has 0 aromatic heterocycles. The molecule has 0 bridgehead atoms. The standard InChI is InChI=1S/C24H22N2O3.C24H20N2O3.B.Na.H/c2*1-28-22-12-19-20(13-23(22)29-15-16-7-3-2-4-8-16)25-14-18-11-17-9-5-6-10-21(17)26(18)24(19)27;;;/h2-10,12-13,18,25H,11,14-15H2,1H3;2-10,12-14,18H,11,15H2,1H3;;;/q;;;+1;-1/t2*18-;;;/m00.../s1. The van der Waals surface area contributed by atoms with E-state index in [2.05, 4.69) is 22.4 Å². The second kappa shape index (κ2) is 18.5. The van der Waals surface area contributed by atoms with Crippen LogP contribution in [-0.2, 0) is 26.1 Å². The first-order chi connectivity index (χ1) is 28.5. The van der Waals surface area contributed by atoms with Crippen LogP contribution in [0.5, 0.6) is 23.0 Å². The normalized spacial score (nSPS) is 16.2. The van der Waals surface area contributed by atoms with Gasteiger partial charge in [0, 0.05) is 51.1 Å². The van der Waals surface area contributed by atoms with Gasteiger partial charge in [0.05, 0.1) is 48.8 Å². The van der Waals surface area contributed by atoms with Crippen molar-refractivity contribution in [1.29, 1.82) is 0 Å². The Balaban J connectivity index is 0.000000194. The molecule has 0 saturated heterocycles. The maximum absolute atomic E-state index is 13.4. The number of nitrogens with one attached hydrogen (secondary N) is 1. The fourth-order valence-electron chi connectivity index (χ4n) is 8.07. The van der Waals surface area contributed by atoms with Crippen LogP contribution in [0.2, 0.25) is 0 Å². The molecule has 4 aliphatic rings. The van der Waals surface area contributed by atoms with E-state index in [0.717, 1.165) is 46.6 Å². The second-order valence-electron chi connectivity index (χ2n) is 14.5. The first-order valence-electron chi connectivity index (χ1n) is 19.4. The molecule has 4 aliphatic heterocycles. The molecular formula is C48H43BN4NaO6. The third-order valence-corrected chi connectivity index (χ3v) is 11.0. The predicted molar refractivity (Wildman–Crippen MR) is 233 cm³/mol. The molecule has 4 heterocycles. The van der Waals surface area contributed by atoms with Gasteiger partial charge in [-0.1, -0.05) is 97.1 Å². The first-order valence-corrected chi connectivity index (χ1v) is 19.4. The molecule has 6 aromatic rings. The molecule has 12 heteroatoms. The number of carbonyl (C=O) groups is 2. The average molecular weight is 806 g/mol. The Hall–Kier alpha value is -6.01. The van der Waals surface area contributed by atoms with Gasteiger partial charge in [-0.3, -0.25) is 19.5 Å². The van der Waals surface area contributed by atoms with E-state index in [0.29, 0.717) is 59.6 Å². The van der Waals surface area contributed by atoms with Gasteiger partial charge in [-0.2, -0.15) is 0 Å². The van der Waals surface area contributed by atoms with E-state index in [-0.39, 0.29) is 63.3 Å². The summed E-state index contributed by atoms with van der Waals surface area (Å²) in [6, 6.07) is 43.3. The summed E-state index contributed by atoms with van der Waals surface area (Å²) in [4.78, 5) is 35.2. The third-order valence-electron chi connectivity index (χ3n) is 11.0. The summed E-state index contributed by atoms with van der Waals surface area (Å²) in [6.45, 7) is 1.54. The van der Waals surface area contributed by atoms with Crippen molar-refractivity contribution in [2.45, 2.75) is 38.1 Å². The van der Waals surface area contributed by atoms with E-state index in [9.17, 15) is 9.59 Å². The molecule has 0 unspecified atom stereocenters. The molecule has 60 heavy (non-hydrogen) atoms. The number of nitrogens with zero attached hydrogens (tertiary/aromatic N) is 3. The summed E-state index contributed by atoms with van der Waals surface area (Å²) in [5.41, 5.74) is 8.97. The number of carbonyl (C=O) groups excluding carboxylic acids is 2. The zero-order chi connectivity index (χ0) is 39.6. The summed E-state index contributed by atoms with van der Waals surface area (Å²) in [6.07, 6.45) is 3.49. The minimum absolute atomic E-state index is 0. The topological polar surface area (TPSA) is 102 Å². The van der Waals surface area contributed by atoms with E-state index >= 15 is 0 Å². The molecule has 10 nitrogen and oxygen atoms in total. The summed E-state index contributed by atoms with van der Waals surface area (Å²) in [5.74, 6) is 2.20. The zero-order valence-corrected chi connectivity index (χ0v) is 35.8. The number of hydrogen-bond donors (Lipinski definition) is 1. The number of methoxy groups -OCH3 is 2. The van der Waals surface area contributed by atoms with Gasteiger partial charge in [-0.25, -0.2) is 0 Å². The summed E-state index contributed by atoms with van der Waals surface area (Å²) in [7, 11) is 3.18. The van der Waals surface area contributed by atoms with Gasteiger partial charge in [-0.15, -0.1) is 0 Å². The Morgan fingerprint density at radius 2 is 1.15 bits per heavy atom. The predicted octanol–water partition coefficient (Wildman–Crippen LogP) is 5.57. The van der Waals surface area contributed by atoms with Crippen LogP contribution < -0.4 is 63.6 Å². The van der Waals surface area contributed by atoms with Crippen molar-refractivity contribution in [3.8, 4) is 23.0 Å². The Kier molecular flexibility index (Phi) is 13.0. The Morgan fingerprint density at radius 3 is 1.77 bits per heavy atom. The average Bonchev–Trinajstić information content (AvgIpc) is 3.76. The van der Waals surface area contributed by atoms with Crippen LogP contribution >= 0.6 is 0 Å². The van der Waals surface area contributed by atoms with Crippen molar-refractivity contribution in [3.05, 3.63) is 167 Å². The molecule has 2 amide bonds. The zero-order valence-electron chi connectivity index (χ0n) is 34.8. The quantitative estimate of drug-likeness (QED) is 0.201. The van der Waals surface area contributed by atoms with Crippen molar-refractivity contribution >= 4 is 49.2 Å². The van der Waals surface area contributed by atoms with Gasteiger partial charge in [0.15, 0.2) is 23.0 Å². The number of fused-ring (bicyclic) bond motifs is 8. The van der Waals surface area contributed by atoms with Gasteiger partial charge in [0.1, 0.15) is 13.2 Å². The Labute approximate surface area is 375 Å². The van der Waals surface area contributed by atoms with Gasteiger partial charge in [0.2, 0.25) is 0 Å². The molecule has 2 atom stereocenters. The van der Waals surface area contributed by atoms with Crippen LogP contribution in [0.3, 0.4) is 0 Å². The Bertz CT molecular complexity index is 2540. The van der Waals surface area contributed by atoms with E-state index in [1.807, 2.05) is 119 Å². The van der Waals surface area contributed by atoms with Crippen LogP contribution in [0.4, 0.5) is 22.7 Å². The molecule has 295 valence electrons. The van der Waals surface area contributed by atoms with Crippen molar-refractivity contribution in [3.63, 3.8) is 0 Å². The van der Waals surface area contributed by atoms with E-state index in [1.165, 1.54) is 5.56 Å². The molecule has 0 saturated carbocycles. The number of anilines is 3. The number of aliphatic imine (C=N–C) groups is 1. The summed E-state index contributed by atoms with van der Waals surface area (Å²) >= 11 is 0. The largest absolute Gasteiger partial charge is 1.00 e. The minimum atomic E-state index is -0.0769. The maximum atomic E-state index is 13.4. The van der Waals surface area contributed by atoms with Gasteiger partial charge >= 0.3 is 29.6 Å². The molecule has 6 aromatic carbocycles. The molecule has 3 radical (unpaired) electrons. The van der Waals surface area contributed by atoms with Crippen molar-refractivity contribution in [1.82, 2.24) is 0 Å². The number of benzene rings is 6. The third kappa shape index (κ3) is 8.25. The molecule has 0 spiro atoms. The molecule has 1 N–H and O–H groups in total. The van der Waals surface area contributed by atoms with Crippen LogP contribution in [0, 0.1) is 0 Å². The van der Waals surface area contributed by atoms with Gasteiger partial charge in [0.25, 0.3) is 11.8 Å². The number of ether oxygens (including phenoxy) is 4. The van der Waals surface area contributed by atoms with E-state index < -0.39 is 0 Å². The molecule has 0 aliphatic carbocycles. The minimum Gasteiger partial charge on any atom is -1.00 e. The number of rotatable bonds is 8. The van der Waals surface area contributed by atoms with E-state index in [1.54, 1.807) is 32.4 Å². The first kappa shape index (κ1) is 42.1. The molecule has 10 rings (SSSR count). The summed E-state index contributed by atoms with van der Waals surface area (Å²) < 4.78 is 23.1. The van der Waals surface area contributed by atoms with Crippen LogP contribution in [0.25, 0.3) is 0 Å². The number of amides is 2. The fourth-order valence-corrected chi connectivity index (χ4v) is 8.07. The van der Waals surface area contributed by atoms with Gasteiger partial charge < -0.3 is 30.6 Å². The monoisotopic (exact) mass is 805 g/mol. The summed E-state index contributed by atoms with van der Waals surface area (Å²) in [5, 5.41) is 3.45. The smallest absolute Gasteiger partial charge is 1.00 e. The second-order valence-corrected chi connectivity index (χ2v) is 14.5. The van der Waals surface area contributed by atoms with Crippen LogP contribution in [-0.4, -0.2) is 59.3 Å². The Morgan fingerprint density at radius 1 is 0.633 bits per heavy atom. The SMILES string of the molecule is COc1cc2c(cc1OCc1ccccc1)N=C[C@@H]1Cc3ccccc3N1C2=O.COc1cc2c(cc1OCc1ccccc1)NC[C@@H]1Cc3ccccc3N1C2=O.[B].[H-].[Na+]. The maximum Gasteiger partial charge on any atom is 1.00 e. The van der Waals surface area contributed by atoms with Gasteiger partial charge in [-0.05, 0) is 52.9 Å². The molecular weight excluding hydrogens is 762 g/mol. The number of hydrogen-bond acceptors (Lipinski definition) is 8. The molecule has 0 fully saturated rings. The van der Waals surface area contributed by atoms with E-state index in [4.69, 9.17) is 18.9 Å². The van der Waals surface area contributed by atoms with Crippen LogP contribution in [0.15, 0.2) is 138 Å². The fraction of sp³-hybridized carbons (Fsp3) is 0.188.